The van der Waals surface area contributed by atoms with E-state index < -0.39 is 0 Å². The number of carbonyl (C=O) groups is 1. The van der Waals surface area contributed by atoms with Gasteiger partial charge < -0.3 is 10.6 Å². The standard InChI is InChI=1S/C10H16N2OS/c1-12(10(13)4-6-11)7-5-9-3-2-8-14-9/h2-3,8H,4-7,11H2,1H3. The molecule has 0 aliphatic carbocycles. The van der Waals surface area contributed by atoms with Gasteiger partial charge in [-0.1, -0.05) is 6.07 Å². The van der Waals surface area contributed by atoms with Crippen molar-refractivity contribution in [1.82, 2.24) is 4.90 Å². The summed E-state index contributed by atoms with van der Waals surface area (Å²) in [5.74, 6) is 0.129. The van der Waals surface area contributed by atoms with Gasteiger partial charge in [0.2, 0.25) is 5.91 Å². The summed E-state index contributed by atoms with van der Waals surface area (Å²) in [6, 6.07) is 4.12. The molecule has 1 heterocycles. The topological polar surface area (TPSA) is 46.3 Å². The first-order chi connectivity index (χ1) is 6.74. The summed E-state index contributed by atoms with van der Waals surface area (Å²) in [6.07, 6.45) is 1.38. The van der Waals surface area contributed by atoms with E-state index in [-0.39, 0.29) is 5.91 Å². The molecule has 0 fully saturated rings. The highest BCUT2D eigenvalue weighted by Gasteiger charge is 2.06. The molecule has 0 saturated heterocycles. The molecule has 1 rings (SSSR count). The average molecular weight is 212 g/mol. The van der Waals surface area contributed by atoms with Crippen molar-refractivity contribution in [3.63, 3.8) is 0 Å². The van der Waals surface area contributed by atoms with E-state index in [1.165, 1.54) is 4.88 Å². The molecule has 3 nitrogen and oxygen atoms in total. The molecule has 0 radical (unpaired) electrons. The van der Waals surface area contributed by atoms with Crippen molar-refractivity contribution >= 4 is 17.2 Å². The quantitative estimate of drug-likeness (QED) is 0.794. The predicted octanol–water partition coefficient (Wildman–Crippen LogP) is 1.10. The highest BCUT2D eigenvalue weighted by Crippen LogP contribution is 2.09. The van der Waals surface area contributed by atoms with Crippen LogP contribution in [0.5, 0.6) is 0 Å². The van der Waals surface area contributed by atoms with Crippen molar-refractivity contribution in [1.29, 1.82) is 0 Å². The zero-order chi connectivity index (χ0) is 10.4. The summed E-state index contributed by atoms with van der Waals surface area (Å²) in [5, 5.41) is 2.05. The summed E-state index contributed by atoms with van der Waals surface area (Å²) in [4.78, 5) is 14.4. The molecule has 0 aliphatic rings. The Morgan fingerprint density at radius 1 is 1.64 bits per heavy atom. The third kappa shape index (κ3) is 3.47. The number of nitrogens with two attached hydrogens (primary N) is 1. The zero-order valence-electron chi connectivity index (χ0n) is 8.40. The molecule has 14 heavy (non-hydrogen) atoms. The van der Waals surface area contributed by atoms with Crippen molar-refractivity contribution < 1.29 is 4.79 Å². The summed E-state index contributed by atoms with van der Waals surface area (Å²) < 4.78 is 0. The number of likely N-dealkylation sites (N-methyl/N-ethyl adjacent to an activating group) is 1. The molecule has 2 N–H and O–H groups in total. The molecule has 0 unspecified atom stereocenters. The van der Waals surface area contributed by atoms with Gasteiger partial charge in [-0.2, -0.15) is 0 Å². The van der Waals surface area contributed by atoms with Crippen LogP contribution in [0.1, 0.15) is 11.3 Å². The van der Waals surface area contributed by atoms with Crippen LogP contribution in [0.25, 0.3) is 0 Å². The van der Waals surface area contributed by atoms with Crippen LogP contribution in [0.4, 0.5) is 0 Å². The third-order valence-electron chi connectivity index (χ3n) is 2.06. The first-order valence-corrected chi connectivity index (χ1v) is 5.58. The number of nitrogens with zero attached hydrogens (tertiary/aromatic N) is 1. The van der Waals surface area contributed by atoms with Gasteiger partial charge in [-0.3, -0.25) is 4.79 Å². The minimum atomic E-state index is 0.129. The lowest BCUT2D eigenvalue weighted by Crippen LogP contribution is -2.30. The van der Waals surface area contributed by atoms with Gasteiger partial charge >= 0.3 is 0 Å². The Balaban J connectivity index is 2.27. The Morgan fingerprint density at radius 2 is 2.43 bits per heavy atom. The third-order valence-corrected chi connectivity index (χ3v) is 2.99. The number of hydrogen-bond donors (Lipinski definition) is 1. The molecule has 1 aromatic heterocycles. The fourth-order valence-electron chi connectivity index (χ4n) is 1.17. The highest BCUT2D eigenvalue weighted by molar-refractivity contribution is 7.09. The molecule has 0 aliphatic heterocycles. The van der Waals surface area contributed by atoms with E-state index in [2.05, 4.69) is 11.4 Å². The van der Waals surface area contributed by atoms with Gasteiger partial charge in [-0.05, 0) is 17.9 Å². The Labute approximate surface area is 88.5 Å². The van der Waals surface area contributed by atoms with Crippen molar-refractivity contribution in [2.45, 2.75) is 12.8 Å². The summed E-state index contributed by atoms with van der Waals surface area (Å²) in [7, 11) is 1.82. The number of hydrogen-bond acceptors (Lipinski definition) is 3. The van der Waals surface area contributed by atoms with E-state index in [9.17, 15) is 4.79 Å². The van der Waals surface area contributed by atoms with Crippen LogP contribution in [0.2, 0.25) is 0 Å². The Morgan fingerprint density at radius 3 is 3.00 bits per heavy atom. The van der Waals surface area contributed by atoms with Gasteiger partial charge in [0.25, 0.3) is 0 Å². The average Bonchev–Trinajstić information content (AvgIpc) is 2.67. The van der Waals surface area contributed by atoms with Crippen LogP contribution < -0.4 is 5.73 Å². The van der Waals surface area contributed by atoms with Gasteiger partial charge in [-0.15, -0.1) is 11.3 Å². The SMILES string of the molecule is CN(CCc1cccs1)C(=O)CCN. The fourth-order valence-corrected chi connectivity index (χ4v) is 1.87. The Bertz CT molecular complexity index is 272. The van der Waals surface area contributed by atoms with Gasteiger partial charge in [0.1, 0.15) is 0 Å². The first-order valence-electron chi connectivity index (χ1n) is 4.70. The fraction of sp³-hybridized carbons (Fsp3) is 0.500. The molecule has 0 saturated carbocycles. The Hall–Kier alpha value is -0.870. The maximum atomic E-state index is 11.4. The molecule has 0 aromatic carbocycles. The minimum absolute atomic E-state index is 0.129. The van der Waals surface area contributed by atoms with Crippen LogP contribution in [-0.2, 0) is 11.2 Å². The maximum absolute atomic E-state index is 11.4. The van der Waals surface area contributed by atoms with Crippen molar-refractivity contribution in [2.75, 3.05) is 20.1 Å². The lowest BCUT2D eigenvalue weighted by atomic mass is 10.3. The number of amides is 1. The zero-order valence-corrected chi connectivity index (χ0v) is 9.22. The number of rotatable bonds is 5. The van der Waals surface area contributed by atoms with Crippen LogP contribution >= 0.6 is 11.3 Å². The second-order valence-electron chi connectivity index (χ2n) is 3.18. The monoisotopic (exact) mass is 212 g/mol. The van der Waals surface area contributed by atoms with Crippen molar-refractivity contribution in [2.24, 2.45) is 5.73 Å². The van der Waals surface area contributed by atoms with E-state index in [1.807, 2.05) is 13.1 Å². The van der Waals surface area contributed by atoms with Gasteiger partial charge in [0.05, 0.1) is 0 Å². The predicted molar refractivity (Wildman–Crippen MR) is 59.3 cm³/mol. The first kappa shape index (κ1) is 11.2. The number of thiophene rings is 1. The van der Waals surface area contributed by atoms with E-state index in [1.54, 1.807) is 16.2 Å². The van der Waals surface area contributed by atoms with Crippen molar-refractivity contribution in [3.05, 3.63) is 22.4 Å². The number of carbonyl (C=O) groups excluding carboxylic acids is 1. The molecule has 1 amide bonds. The molecule has 1 aromatic rings. The summed E-state index contributed by atoms with van der Waals surface area (Å²) in [6.45, 7) is 1.21. The maximum Gasteiger partial charge on any atom is 0.223 e. The molecule has 0 bridgehead atoms. The Kier molecular flexibility index (Phi) is 4.62. The largest absolute Gasteiger partial charge is 0.345 e. The molecular formula is C10H16N2OS. The van der Waals surface area contributed by atoms with Gasteiger partial charge in [0, 0.05) is 31.4 Å². The van der Waals surface area contributed by atoms with Crippen LogP contribution in [0.15, 0.2) is 17.5 Å². The second kappa shape index (κ2) is 5.78. The summed E-state index contributed by atoms with van der Waals surface area (Å²) >= 11 is 1.73. The van der Waals surface area contributed by atoms with E-state index in [4.69, 9.17) is 5.73 Å². The van der Waals surface area contributed by atoms with E-state index >= 15 is 0 Å². The molecule has 4 heteroatoms. The van der Waals surface area contributed by atoms with Gasteiger partial charge in [0.15, 0.2) is 0 Å². The molecule has 78 valence electrons. The van der Waals surface area contributed by atoms with E-state index in [0.717, 1.165) is 13.0 Å². The van der Waals surface area contributed by atoms with Crippen molar-refractivity contribution in [3.8, 4) is 0 Å². The molecule has 0 spiro atoms. The summed E-state index contributed by atoms with van der Waals surface area (Å²) in [5.41, 5.74) is 5.31. The lowest BCUT2D eigenvalue weighted by molar-refractivity contribution is -0.129. The van der Waals surface area contributed by atoms with Gasteiger partial charge in [-0.25, -0.2) is 0 Å². The van der Waals surface area contributed by atoms with Crippen LogP contribution in [0, 0.1) is 0 Å². The van der Waals surface area contributed by atoms with Crippen LogP contribution in [0.3, 0.4) is 0 Å². The lowest BCUT2D eigenvalue weighted by Gasteiger charge is -2.15. The van der Waals surface area contributed by atoms with E-state index in [0.29, 0.717) is 13.0 Å². The molecular weight excluding hydrogens is 196 g/mol. The molecule has 0 atom stereocenters. The second-order valence-corrected chi connectivity index (χ2v) is 4.22. The normalized spacial score (nSPS) is 10.1. The smallest absolute Gasteiger partial charge is 0.223 e. The minimum Gasteiger partial charge on any atom is -0.345 e. The van der Waals surface area contributed by atoms with Crippen LogP contribution in [-0.4, -0.2) is 30.9 Å². The highest BCUT2D eigenvalue weighted by atomic mass is 32.1.